The monoisotopic (exact) mass is 427 g/mol. The maximum atomic E-state index is 13.0. The minimum absolute atomic E-state index is 0.237. The van der Waals surface area contributed by atoms with Crippen molar-refractivity contribution in [3.05, 3.63) is 65.1 Å². The van der Waals surface area contributed by atoms with Crippen LogP contribution >= 0.6 is 11.6 Å². The highest BCUT2D eigenvalue weighted by Gasteiger charge is 2.46. The van der Waals surface area contributed by atoms with Crippen LogP contribution in [0.2, 0.25) is 5.02 Å². The van der Waals surface area contributed by atoms with E-state index in [-0.39, 0.29) is 5.92 Å². The number of benzene rings is 1. The number of fused-ring (bicyclic) bond motifs is 1. The number of carbonyl (C=O) groups excluding carboxylic acids is 1. The van der Waals surface area contributed by atoms with Gasteiger partial charge in [0.2, 0.25) is 0 Å². The molecule has 1 unspecified atom stereocenters. The summed E-state index contributed by atoms with van der Waals surface area (Å²) in [6, 6.07) is 11.3. The molecule has 4 rings (SSSR count). The van der Waals surface area contributed by atoms with Crippen LogP contribution in [0.5, 0.6) is 0 Å². The van der Waals surface area contributed by atoms with E-state index in [2.05, 4.69) is 20.3 Å². The summed E-state index contributed by atoms with van der Waals surface area (Å²) in [7, 11) is 0. The molecular weight excluding hydrogens is 402 g/mol. The number of nitrogens with one attached hydrogen (secondary N) is 1. The molecule has 1 aliphatic heterocycles. The van der Waals surface area contributed by atoms with E-state index in [4.69, 9.17) is 16.3 Å². The van der Waals surface area contributed by atoms with Crippen LogP contribution in [0.15, 0.2) is 48.8 Å². The van der Waals surface area contributed by atoms with Crippen molar-refractivity contribution in [2.24, 2.45) is 5.92 Å². The van der Waals surface area contributed by atoms with Crippen LogP contribution in [0.25, 0.3) is 5.65 Å². The Kier molecular flexibility index (Phi) is 5.92. The summed E-state index contributed by atoms with van der Waals surface area (Å²) >= 11 is 6.38. The molecule has 1 aliphatic rings. The summed E-state index contributed by atoms with van der Waals surface area (Å²) in [5.74, 6) is 0.237. The molecule has 0 spiro atoms. The molecule has 1 fully saturated rings. The van der Waals surface area contributed by atoms with E-state index in [1.807, 2.05) is 50.2 Å². The minimum atomic E-state index is -1.01. The lowest BCUT2D eigenvalue weighted by Crippen LogP contribution is -2.58. The van der Waals surface area contributed by atoms with Crippen LogP contribution in [-0.4, -0.2) is 45.3 Å². The summed E-state index contributed by atoms with van der Waals surface area (Å²) in [5, 5.41) is 8.27. The summed E-state index contributed by atoms with van der Waals surface area (Å²) in [4.78, 5) is 19.7. The van der Waals surface area contributed by atoms with Crippen molar-refractivity contribution in [2.75, 3.05) is 19.7 Å². The number of ether oxygens (including phenoxy) is 1. The molecule has 8 heteroatoms. The Morgan fingerprint density at radius 1 is 1.27 bits per heavy atom. The fourth-order valence-corrected chi connectivity index (χ4v) is 4.17. The minimum Gasteiger partial charge on any atom is -0.449 e. The third-order valence-corrected chi connectivity index (χ3v) is 5.54. The summed E-state index contributed by atoms with van der Waals surface area (Å²) in [5.41, 5.74) is 1.27. The van der Waals surface area contributed by atoms with E-state index in [0.717, 1.165) is 37.2 Å². The first-order valence-electron chi connectivity index (χ1n) is 10.3. The van der Waals surface area contributed by atoms with Gasteiger partial charge in [-0.15, -0.1) is 0 Å². The molecule has 2 aromatic heterocycles. The van der Waals surface area contributed by atoms with E-state index in [9.17, 15) is 4.79 Å². The summed E-state index contributed by atoms with van der Waals surface area (Å²) in [6.07, 6.45) is 5.07. The Bertz CT molecular complexity index is 1030. The summed E-state index contributed by atoms with van der Waals surface area (Å²) < 4.78 is 7.29. The molecule has 0 radical (unpaired) electrons. The van der Waals surface area contributed by atoms with Crippen molar-refractivity contribution in [1.29, 1.82) is 0 Å². The highest BCUT2D eigenvalue weighted by Crippen LogP contribution is 2.37. The van der Waals surface area contributed by atoms with Gasteiger partial charge in [0.1, 0.15) is 5.69 Å². The fourth-order valence-electron chi connectivity index (χ4n) is 3.98. The lowest BCUT2D eigenvalue weighted by atomic mass is 9.94. The average Bonchev–Trinajstić information content (AvgIpc) is 3.41. The van der Waals surface area contributed by atoms with E-state index < -0.39 is 11.8 Å². The van der Waals surface area contributed by atoms with E-state index in [1.54, 1.807) is 16.9 Å². The Balaban J connectivity index is 1.90. The van der Waals surface area contributed by atoms with Crippen molar-refractivity contribution < 1.29 is 9.53 Å². The zero-order valence-corrected chi connectivity index (χ0v) is 18.0. The molecule has 1 aromatic carbocycles. The van der Waals surface area contributed by atoms with Crippen molar-refractivity contribution in [2.45, 2.75) is 32.4 Å². The van der Waals surface area contributed by atoms with Gasteiger partial charge in [-0.2, -0.15) is 5.10 Å². The Hall–Kier alpha value is -2.64. The second-order valence-corrected chi connectivity index (χ2v) is 8.41. The van der Waals surface area contributed by atoms with Gasteiger partial charge < -0.3 is 4.74 Å². The van der Waals surface area contributed by atoms with Gasteiger partial charge in [0.15, 0.2) is 11.3 Å². The molecule has 1 N–H and O–H groups in total. The molecule has 1 atom stereocenters. The Morgan fingerprint density at radius 3 is 2.80 bits per heavy atom. The zero-order chi connectivity index (χ0) is 21.1. The van der Waals surface area contributed by atoms with Crippen molar-refractivity contribution >= 4 is 23.3 Å². The number of aromatic nitrogens is 3. The molecule has 3 heterocycles. The van der Waals surface area contributed by atoms with Crippen LogP contribution in [0.3, 0.4) is 0 Å². The quantitative estimate of drug-likeness (QED) is 0.642. The molecule has 158 valence electrons. The van der Waals surface area contributed by atoms with Gasteiger partial charge in [-0.3, -0.25) is 10.2 Å². The molecule has 3 aromatic rings. The predicted octanol–water partition coefficient (Wildman–Crippen LogP) is 4.06. The van der Waals surface area contributed by atoms with Crippen LogP contribution in [0.1, 0.15) is 37.9 Å². The van der Waals surface area contributed by atoms with Gasteiger partial charge in [-0.05, 0) is 43.0 Å². The summed E-state index contributed by atoms with van der Waals surface area (Å²) in [6.45, 7) is 5.98. The number of imidazole rings is 1. The van der Waals surface area contributed by atoms with Crippen LogP contribution in [0, 0.1) is 5.92 Å². The van der Waals surface area contributed by atoms with Gasteiger partial charge in [0.25, 0.3) is 0 Å². The van der Waals surface area contributed by atoms with Crippen molar-refractivity contribution in [3.63, 3.8) is 0 Å². The molecule has 0 bridgehead atoms. The van der Waals surface area contributed by atoms with Crippen LogP contribution in [0.4, 0.5) is 4.79 Å². The largest absolute Gasteiger partial charge is 0.449 e. The van der Waals surface area contributed by atoms with Gasteiger partial charge in [0, 0.05) is 29.9 Å². The SMILES string of the molecule is CC(C)COC(=O)NC(c1cccc(Cl)c1)(c1cnc2cccnn12)N1CCCC1. The Labute approximate surface area is 181 Å². The topological polar surface area (TPSA) is 71.8 Å². The second-order valence-electron chi connectivity index (χ2n) is 7.97. The molecule has 0 saturated carbocycles. The number of hydrogen-bond donors (Lipinski definition) is 1. The number of hydrogen-bond acceptors (Lipinski definition) is 5. The molecule has 7 nitrogen and oxygen atoms in total. The molecule has 0 aliphatic carbocycles. The van der Waals surface area contributed by atoms with Gasteiger partial charge in [-0.25, -0.2) is 14.3 Å². The molecular formula is C22H26ClN5O2. The molecule has 1 saturated heterocycles. The van der Waals surface area contributed by atoms with E-state index in [1.165, 1.54) is 0 Å². The number of rotatable bonds is 6. The Morgan fingerprint density at radius 2 is 2.07 bits per heavy atom. The number of nitrogens with zero attached hydrogens (tertiary/aromatic N) is 4. The van der Waals surface area contributed by atoms with E-state index >= 15 is 0 Å². The first-order valence-corrected chi connectivity index (χ1v) is 10.6. The first kappa shape index (κ1) is 20.6. The number of alkyl carbamates (subject to hydrolysis) is 1. The van der Waals surface area contributed by atoms with E-state index in [0.29, 0.717) is 17.3 Å². The number of amides is 1. The van der Waals surface area contributed by atoms with Crippen LogP contribution < -0.4 is 5.32 Å². The third kappa shape index (κ3) is 3.87. The fraction of sp³-hybridized carbons (Fsp3) is 0.409. The second kappa shape index (κ2) is 8.62. The van der Waals surface area contributed by atoms with Crippen molar-refractivity contribution in [3.8, 4) is 0 Å². The smallest absolute Gasteiger partial charge is 0.409 e. The average molecular weight is 428 g/mol. The predicted molar refractivity (Wildman–Crippen MR) is 115 cm³/mol. The maximum Gasteiger partial charge on any atom is 0.409 e. The molecule has 30 heavy (non-hydrogen) atoms. The van der Waals surface area contributed by atoms with Crippen molar-refractivity contribution in [1.82, 2.24) is 24.8 Å². The number of likely N-dealkylation sites (tertiary alicyclic amines) is 1. The maximum absolute atomic E-state index is 13.0. The standard InChI is InChI=1S/C22H26ClN5O2/c1-16(2)15-30-21(29)26-22(27-11-3-4-12-27,17-7-5-8-18(23)13-17)19-14-24-20-9-6-10-25-28(19)20/h5-10,13-14,16H,3-4,11-12,15H2,1-2H3,(H,26,29). The molecule has 1 amide bonds. The zero-order valence-electron chi connectivity index (χ0n) is 17.2. The lowest BCUT2D eigenvalue weighted by molar-refractivity contribution is 0.0778. The van der Waals surface area contributed by atoms with Gasteiger partial charge in [0.05, 0.1) is 12.8 Å². The first-order chi connectivity index (χ1) is 14.5. The number of carbonyl (C=O) groups is 1. The van der Waals surface area contributed by atoms with Gasteiger partial charge in [-0.1, -0.05) is 37.6 Å². The number of halogens is 1. The normalized spacial score (nSPS) is 16.7. The lowest BCUT2D eigenvalue weighted by Gasteiger charge is -2.42. The highest BCUT2D eigenvalue weighted by molar-refractivity contribution is 6.30. The van der Waals surface area contributed by atoms with Crippen LogP contribution in [-0.2, 0) is 10.4 Å². The van der Waals surface area contributed by atoms with Gasteiger partial charge >= 0.3 is 6.09 Å². The highest BCUT2D eigenvalue weighted by atomic mass is 35.5. The third-order valence-electron chi connectivity index (χ3n) is 5.30.